The lowest BCUT2D eigenvalue weighted by molar-refractivity contribution is -0.125. The molecule has 0 N–H and O–H groups in total. The Kier molecular flexibility index (Phi) is 2.28. The topological polar surface area (TPSA) is 40.9 Å². The van der Waals surface area contributed by atoms with E-state index in [4.69, 9.17) is 5.26 Å². The molecule has 0 unspecified atom stereocenters. The van der Waals surface area contributed by atoms with Crippen LogP contribution in [0.3, 0.4) is 0 Å². The van der Waals surface area contributed by atoms with Gasteiger partial charge in [0.15, 0.2) is 0 Å². The molecular weight excluding hydrogens is 138 g/mol. The van der Waals surface area contributed by atoms with E-state index in [-0.39, 0.29) is 5.41 Å². The summed E-state index contributed by atoms with van der Waals surface area (Å²) in [7, 11) is 0. The molecule has 0 saturated heterocycles. The number of carbonyl (C=O) groups excluding carboxylic acids is 1. The van der Waals surface area contributed by atoms with E-state index in [1.807, 2.05) is 6.92 Å². The average molecular weight is 151 g/mol. The number of rotatable bonds is 2. The summed E-state index contributed by atoms with van der Waals surface area (Å²) in [5, 5.41) is 8.37. The molecule has 11 heavy (non-hydrogen) atoms. The molecule has 0 spiro atoms. The van der Waals surface area contributed by atoms with Crippen molar-refractivity contribution in [2.75, 3.05) is 0 Å². The predicted octanol–water partition coefficient (Wildman–Crippen LogP) is 2.05. The van der Waals surface area contributed by atoms with Crippen molar-refractivity contribution in [3.05, 3.63) is 0 Å². The highest BCUT2D eigenvalue weighted by Gasteiger charge is 2.36. The van der Waals surface area contributed by atoms with Gasteiger partial charge >= 0.3 is 0 Å². The van der Waals surface area contributed by atoms with Crippen LogP contribution in [-0.2, 0) is 4.79 Å². The second-order valence-electron chi connectivity index (χ2n) is 3.50. The van der Waals surface area contributed by atoms with E-state index in [9.17, 15) is 4.79 Å². The minimum absolute atomic E-state index is 0.157. The van der Waals surface area contributed by atoms with E-state index in [2.05, 4.69) is 6.07 Å². The van der Waals surface area contributed by atoms with Crippen molar-refractivity contribution in [1.29, 1.82) is 5.26 Å². The highest BCUT2D eigenvalue weighted by atomic mass is 16.1. The Morgan fingerprint density at radius 2 is 2.45 bits per heavy atom. The molecule has 0 aromatic carbocycles. The van der Waals surface area contributed by atoms with Crippen LogP contribution in [0.1, 0.15) is 39.0 Å². The zero-order valence-corrected chi connectivity index (χ0v) is 6.89. The van der Waals surface area contributed by atoms with Gasteiger partial charge in [0.25, 0.3) is 0 Å². The van der Waals surface area contributed by atoms with E-state index in [1.54, 1.807) is 0 Å². The maximum atomic E-state index is 11.3. The zero-order valence-electron chi connectivity index (χ0n) is 6.89. The van der Waals surface area contributed by atoms with Gasteiger partial charge in [-0.1, -0.05) is 6.92 Å². The minimum atomic E-state index is -0.157. The molecular formula is C9H13NO. The number of nitriles is 1. The summed E-state index contributed by atoms with van der Waals surface area (Å²) in [6.07, 6.45) is 3.99. The van der Waals surface area contributed by atoms with Crippen LogP contribution in [0.4, 0.5) is 0 Å². The Balaban J connectivity index is 2.52. The fourth-order valence-electron chi connectivity index (χ4n) is 1.68. The maximum Gasteiger partial charge on any atom is 0.138 e. The van der Waals surface area contributed by atoms with Crippen LogP contribution < -0.4 is 0 Å². The Morgan fingerprint density at radius 1 is 1.73 bits per heavy atom. The van der Waals surface area contributed by atoms with Crippen LogP contribution in [0.2, 0.25) is 0 Å². The van der Waals surface area contributed by atoms with Gasteiger partial charge in [-0.05, 0) is 19.3 Å². The Morgan fingerprint density at radius 3 is 2.91 bits per heavy atom. The number of hydrogen-bond donors (Lipinski definition) is 0. The molecule has 60 valence electrons. The van der Waals surface area contributed by atoms with E-state index in [0.29, 0.717) is 12.2 Å². The third-order valence-electron chi connectivity index (χ3n) is 2.59. The summed E-state index contributed by atoms with van der Waals surface area (Å²) in [5.41, 5.74) is -0.157. The number of hydrogen-bond acceptors (Lipinski definition) is 2. The predicted molar refractivity (Wildman–Crippen MR) is 41.8 cm³/mol. The molecule has 0 amide bonds. The summed E-state index contributed by atoms with van der Waals surface area (Å²) < 4.78 is 0. The molecule has 2 nitrogen and oxygen atoms in total. The molecule has 0 aromatic heterocycles. The quantitative estimate of drug-likeness (QED) is 0.606. The SMILES string of the molecule is C[C@@]1(CCC#N)CCCC1=O. The van der Waals surface area contributed by atoms with Gasteiger partial charge in [0, 0.05) is 18.3 Å². The Hall–Kier alpha value is -0.840. The van der Waals surface area contributed by atoms with Gasteiger partial charge in [-0.25, -0.2) is 0 Å². The summed E-state index contributed by atoms with van der Waals surface area (Å²) in [6, 6.07) is 2.09. The molecule has 0 aromatic rings. The fourth-order valence-corrected chi connectivity index (χ4v) is 1.68. The molecule has 1 aliphatic rings. The summed E-state index contributed by atoms with van der Waals surface area (Å²) in [5.74, 6) is 0.354. The van der Waals surface area contributed by atoms with E-state index in [1.165, 1.54) is 0 Å². The van der Waals surface area contributed by atoms with Crippen LogP contribution >= 0.6 is 0 Å². The zero-order chi connectivity index (χ0) is 8.32. The normalized spacial score (nSPS) is 30.4. The lowest BCUT2D eigenvalue weighted by Gasteiger charge is -2.19. The first-order chi connectivity index (χ1) is 5.19. The second kappa shape index (κ2) is 3.04. The van der Waals surface area contributed by atoms with Gasteiger partial charge in [0.2, 0.25) is 0 Å². The molecule has 1 rings (SSSR count). The maximum absolute atomic E-state index is 11.3. The number of ketones is 1. The fraction of sp³-hybridized carbons (Fsp3) is 0.778. The molecule has 0 aliphatic heterocycles. The van der Waals surface area contributed by atoms with Crippen LogP contribution in [0.15, 0.2) is 0 Å². The molecule has 1 saturated carbocycles. The van der Waals surface area contributed by atoms with Gasteiger partial charge in [-0.2, -0.15) is 5.26 Å². The largest absolute Gasteiger partial charge is 0.299 e. The highest BCUT2D eigenvalue weighted by molar-refractivity contribution is 5.86. The molecule has 1 aliphatic carbocycles. The molecule has 0 bridgehead atoms. The monoisotopic (exact) mass is 151 g/mol. The summed E-state index contributed by atoms with van der Waals surface area (Å²) in [4.78, 5) is 11.3. The van der Waals surface area contributed by atoms with Crippen LogP contribution in [0.25, 0.3) is 0 Å². The van der Waals surface area contributed by atoms with E-state index < -0.39 is 0 Å². The first kappa shape index (κ1) is 8.26. The molecule has 1 atom stereocenters. The van der Waals surface area contributed by atoms with Gasteiger partial charge in [-0.3, -0.25) is 4.79 Å². The smallest absolute Gasteiger partial charge is 0.138 e. The first-order valence-electron chi connectivity index (χ1n) is 4.09. The van der Waals surface area contributed by atoms with Crippen LogP contribution in [-0.4, -0.2) is 5.78 Å². The third kappa shape index (κ3) is 1.59. The van der Waals surface area contributed by atoms with Crippen molar-refractivity contribution in [3.8, 4) is 6.07 Å². The Bertz CT molecular complexity index is 204. The first-order valence-corrected chi connectivity index (χ1v) is 4.09. The van der Waals surface area contributed by atoms with Gasteiger partial charge < -0.3 is 0 Å². The number of Topliss-reactive ketones (excluding diaryl/α,β-unsaturated/α-hetero) is 1. The lowest BCUT2D eigenvalue weighted by atomic mass is 9.83. The molecule has 0 radical (unpaired) electrons. The van der Waals surface area contributed by atoms with Crippen LogP contribution in [0, 0.1) is 16.7 Å². The summed E-state index contributed by atoms with van der Waals surface area (Å²) >= 11 is 0. The van der Waals surface area contributed by atoms with Crippen LogP contribution in [0.5, 0.6) is 0 Å². The highest BCUT2D eigenvalue weighted by Crippen LogP contribution is 2.37. The van der Waals surface area contributed by atoms with Crippen molar-refractivity contribution in [2.45, 2.75) is 39.0 Å². The Labute approximate surface area is 67.2 Å². The lowest BCUT2D eigenvalue weighted by Crippen LogP contribution is -2.20. The molecule has 2 heteroatoms. The van der Waals surface area contributed by atoms with Crippen molar-refractivity contribution in [3.63, 3.8) is 0 Å². The third-order valence-corrected chi connectivity index (χ3v) is 2.59. The van der Waals surface area contributed by atoms with E-state index >= 15 is 0 Å². The number of carbonyl (C=O) groups is 1. The van der Waals surface area contributed by atoms with Crippen molar-refractivity contribution in [2.24, 2.45) is 5.41 Å². The van der Waals surface area contributed by atoms with Gasteiger partial charge in [0.05, 0.1) is 6.07 Å². The van der Waals surface area contributed by atoms with E-state index in [0.717, 1.165) is 25.7 Å². The average Bonchev–Trinajstić information content (AvgIpc) is 2.30. The molecule has 1 fully saturated rings. The van der Waals surface area contributed by atoms with Crippen molar-refractivity contribution in [1.82, 2.24) is 0 Å². The minimum Gasteiger partial charge on any atom is -0.299 e. The van der Waals surface area contributed by atoms with Crippen molar-refractivity contribution < 1.29 is 4.79 Å². The standard InChI is InChI=1S/C9H13NO/c1-9(6-3-7-10)5-2-4-8(9)11/h2-6H2,1H3/t9-/m0/s1. The van der Waals surface area contributed by atoms with Crippen molar-refractivity contribution >= 4 is 5.78 Å². The number of nitrogens with zero attached hydrogens (tertiary/aromatic N) is 1. The van der Waals surface area contributed by atoms with Gasteiger partial charge in [0.1, 0.15) is 5.78 Å². The van der Waals surface area contributed by atoms with Gasteiger partial charge in [-0.15, -0.1) is 0 Å². The second-order valence-corrected chi connectivity index (χ2v) is 3.50. The summed E-state index contributed by atoms with van der Waals surface area (Å²) in [6.45, 7) is 1.99. The molecule has 0 heterocycles.